The molecule has 130 valence electrons. The third-order valence-corrected chi connectivity index (χ3v) is 4.32. The number of unbranched alkanes of at least 4 members (excludes halogenated alkanes) is 7. The Labute approximate surface area is 138 Å². The van der Waals surface area contributed by atoms with Gasteiger partial charge in [-0.2, -0.15) is 0 Å². The van der Waals surface area contributed by atoms with E-state index in [9.17, 15) is 4.79 Å². The highest BCUT2D eigenvalue weighted by Gasteiger charge is 2.11. The SMILES string of the molecule is CCCCCCCCC=C(C)C(=O)OCC(CC)CCCC. The van der Waals surface area contributed by atoms with Gasteiger partial charge >= 0.3 is 5.97 Å². The third kappa shape index (κ3) is 11.8. The smallest absolute Gasteiger partial charge is 0.333 e. The summed E-state index contributed by atoms with van der Waals surface area (Å²) in [5.41, 5.74) is 0.777. The second-order valence-corrected chi connectivity index (χ2v) is 6.46. The molecule has 1 atom stereocenters. The van der Waals surface area contributed by atoms with E-state index < -0.39 is 0 Å². The van der Waals surface area contributed by atoms with E-state index in [2.05, 4.69) is 26.8 Å². The molecule has 0 fully saturated rings. The molecule has 0 aromatic carbocycles. The van der Waals surface area contributed by atoms with E-state index in [1.54, 1.807) is 0 Å². The molecule has 2 nitrogen and oxygen atoms in total. The van der Waals surface area contributed by atoms with Gasteiger partial charge in [-0.3, -0.25) is 0 Å². The zero-order chi connectivity index (χ0) is 16.6. The molecule has 0 aliphatic carbocycles. The van der Waals surface area contributed by atoms with E-state index in [-0.39, 0.29) is 5.97 Å². The van der Waals surface area contributed by atoms with Crippen molar-refractivity contribution in [3.8, 4) is 0 Å². The fraction of sp³-hybridized carbons (Fsp3) is 0.850. The van der Waals surface area contributed by atoms with Crippen LogP contribution in [0.2, 0.25) is 0 Å². The molecule has 0 saturated heterocycles. The number of carbonyl (C=O) groups excluding carboxylic acids is 1. The van der Waals surface area contributed by atoms with Gasteiger partial charge in [-0.25, -0.2) is 4.79 Å². The van der Waals surface area contributed by atoms with E-state index >= 15 is 0 Å². The maximum atomic E-state index is 12.0. The lowest BCUT2D eigenvalue weighted by molar-refractivity contribution is -0.140. The molecule has 22 heavy (non-hydrogen) atoms. The minimum atomic E-state index is -0.124. The van der Waals surface area contributed by atoms with Gasteiger partial charge in [0.15, 0.2) is 0 Å². The predicted octanol–water partition coefficient (Wildman–Crippen LogP) is 6.44. The van der Waals surface area contributed by atoms with Crippen molar-refractivity contribution < 1.29 is 9.53 Å². The predicted molar refractivity (Wildman–Crippen MR) is 96.0 cm³/mol. The maximum Gasteiger partial charge on any atom is 0.333 e. The van der Waals surface area contributed by atoms with E-state index in [4.69, 9.17) is 4.74 Å². The largest absolute Gasteiger partial charge is 0.462 e. The summed E-state index contributed by atoms with van der Waals surface area (Å²) in [5, 5.41) is 0. The Bertz CT molecular complexity index is 294. The third-order valence-electron chi connectivity index (χ3n) is 4.32. The van der Waals surface area contributed by atoms with Crippen molar-refractivity contribution in [1.82, 2.24) is 0 Å². The quantitative estimate of drug-likeness (QED) is 0.209. The summed E-state index contributed by atoms with van der Waals surface area (Å²) in [6.45, 7) is 9.08. The van der Waals surface area contributed by atoms with Crippen molar-refractivity contribution in [2.45, 2.75) is 98.3 Å². The van der Waals surface area contributed by atoms with Crippen LogP contribution in [0.3, 0.4) is 0 Å². The highest BCUT2D eigenvalue weighted by Crippen LogP contribution is 2.14. The maximum absolute atomic E-state index is 12.0. The highest BCUT2D eigenvalue weighted by molar-refractivity contribution is 5.87. The van der Waals surface area contributed by atoms with Gasteiger partial charge in [0.05, 0.1) is 6.61 Å². The summed E-state index contributed by atoms with van der Waals surface area (Å²) in [7, 11) is 0. The van der Waals surface area contributed by atoms with Crippen LogP contribution in [-0.4, -0.2) is 12.6 Å². The minimum absolute atomic E-state index is 0.124. The van der Waals surface area contributed by atoms with Crippen LogP contribution in [0.25, 0.3) is 0 Å². The fourth-order valence-corrected chi connectivity index (χ4v) is 2.53. The van der Waals surface area contributed by atoms with Crippen LogP contribution in [0, 0.1) is 5.92 Å². The van der Waals surface area contributed by atoms with Crippen LogP contribution >= 0.6 is 0 Å². The Morgan fingerprint density at radius 3 is 2.23 bits per heavy atom. The van der Waals surface area contributed by atoms with Crippen molar-refractivity contribution in [2.75, 3.05) is 6.61 Å². The molecule has 0 aliphatic heterocycles. The summed E-state index contributed by atoms with van der Waals surface area (Å²) in [5.74, 6) is 0.399. The van der Waals surface area contributed by atoms with Crippen molar-refractivity contribution in [2.24, 2.45) is 5.92 Å². The van der Waals surface area contributed by atoms with Crippen molar-refractivity contribution in [1.29, 1.82) is 0 Å². The van der Waals surface area contributed by atoms with Crippen molar-refractivity contribution >= 4 is 5.97 Å². The Balaban J connectivity index is 3.82. The monoisotopic (exact) mass is 310 g/mol. The molecule has 0 aromatic heterocycles. The van der Waals surface area contributed by atoms with Gasteiger partial charge in [0.25, 0.3) is 0 Å². The number of hydrogen-bond acceptors (Lipinski definition) is 2. The lowest BCUT2D eigenvalue weighted by atomic mass is 10.0. The first-order valence-electron chi connectivity index (χ1n) is 9.49. The van der Waals surface area contributed by atoms with Gasteiger partial charge in [-0.1, -0.05) is 78.2 Å². The summed E-state index contributed by atoms with van der Waals surface area (Å²) < 4.78 is 5.46. The van der Waals surface area contributed by atoms with Crippen LogP contribution in [0.1, 0.15) is 98.3 Å². The zero-order valence-electron chi connectivity index (χ0n) is 15.5. The number of hydrogen-bond donors (Lipinski definition) is 0. The standard InChI is InChI=1S/C20H38O2/c1-5-8-10-11-12-13-14-15-18(4)20(21)22-17-19(7-3)16-9-6-2/h15,19H,5-14,16-17H2,1-4H3. The molecule has 0 heterocycles. The Morgan fingerprint density at radius 2 is 1.59 bits per heavy atom. The van der Waals surface area contributed by atoms with Gasteiger partial charge in [0, 0.05) is 5.57 Å². The Kier molecular flexibility index (Phi) is 14.6. The van der Waals surface area contributed by atoms with E-state index in [0.29, 0.717) is 12.5 Å². The van der Waals surface area contributed by atoms with E-state index in [1.165, 1.54) is 57.8 Å². The van der Waals surface area contributed by atoms with E-state index in [0.717, 1.165) is 18.4 Å². The summed E-state index contributed by atoms with van der Waals surface area (Å²) in [4.78, 5) is 12.0. The molecule has 0 amide bonds. The molecular formula is C20H38O2. The summed E-state index contributed by atoms with van der Waals surface area (Å²) >= 11 is 0. The molecule has 0 bridgehead atoms. The molecule has 2 heteroatoms. The van der Waals surface area contributed by atoms with Gasteiger partial charge in [-0.05, 0) is 32.1 Å². The van der Waals surface area contributed by atoms with E-state index in [1.807, 2.05) is 6.92 Å². The van der Waals surface area contributed by atoms with Crippen LogP contribution in [0.4, 0.5) is 0 Å². The normalized spacial score (nSPS) is 13.2. The first-order valence-corrected chi connectivity index (χ1v) is 9.49. The minimum Gasteiger partial charge on any atom is -0.462 e. The number of carbonyl (C=O) groups is 1. The lowest BCUT2D eigenvalue weighted by Crippen LogP contribution is -2.14. The number of allylic oxidation sites excluding steroid dienone is 1. The summed E-state index contributed by atoms with van der Waals surface area (Å²) in [6, 6.07) is 0. The van der Waals surface area contributed by atoms with Gasteiger partial charge in [0.2, 0.25) is 0 Å². The Morgan fingerprint density at radius 1 is 0.955 bits per heavy atom. The Hall–Kier alpha value is -0.790. The molecule has 1 unspecified atom stereocenters. The average Bonchev–Trinajstić information content (AvgIpc) is 2.53. The first-order chi connectivity index (χ1) is 10.7. The summed E-state index contributed by atoms with van der Waals surface area (Å²) in [6.07, 6.45) is 15.5. The number of ether oxygens (including phenoxy) is 1. The number of rotatable bonds is 14. The zero-order valence-corrected chi connectivity index (χ0v) is 15.5. The second-order valence-electron chi connectivity index (χ2n) is 6.46. The molecule has 0 N–H and O–H groups in total. The second kappa shape index (κ2) is 15.1. The lowest BCUT2D eigenvalue weighted by Gasteiger charge is -2.14. The highest BCUT2D eigenvalue weighted by atomic mass is 16.5. The van der Waals surface area contributed by atoms with Crippen LogP contribution in [0.15, 0.2) is 11.6 Å². The first kappa shape index (κ1) is 21.2. The van der Waals surface area contributed by atoms with Crippen LogP contribution in [-0.2, 0) is 9.53 Å². The van der Waals surface area contributed by atoms with Crippen LogP contribution < -0.4 is 0 Å². The number of esters is 1. The fourth-order valence-electron chi connectivity index (χ4n) is 2.53. The molecule has 0 rings (SSSR count). The molecule has 0 aromatic rings. The molecule has 0 aliphatic rings. The average molecular weight is 311 g/mol. The van der Waals surface area contributed by atoms with Gasteiger partial charge in [0.1, 0.15) is 0 Å². The molecule has 0 saturated carbocycles. The molecule has 0 spiro atoms. The van der Waals surface area contributed by atoms with Crippen molar-refractivity contribution in [3.63, 3.8) is 0 Å². The van der Waals surface area contributed by atoms with Crippen molar-refractivity contribution in [3.05, 3.63) is 11.6 Å². The van der Waals surface area contributed by atoms with Gasteiger partial charge in [-0.15, -0.1) is 0 Å². The topological polar surface area (TPSA) is 26.3 Å². The van der Waals surface area contributed by atoms with Crippen LogP contribution in [0.5, 0.6) is 0 Å². The molecular weight excluding hydrogens is 272 g/mol. The molecule has 0 radical (unpaired) electrons. The van der Waals surface area contributed by atoms with Gasteiger partial charge < -0.3 is 4.74 Å².